The smallest absolute Gasteiger partial charge is 0.126 e. The molecule has 2 nitrogen and oxygen atoms in total. The zero-order valence-electron chi connectivity index (χ0n) is 8.92. The molecule has 17 heavy (non-hydrogen) atoms. The molecule has 0 unspecified atom stereocenters. The van der Waals surface area contributed by atoms with Crippen molar-refractivity contribution >= 4 is 42.7 Å². The summed E-state index contributed by atoms with van der Waals surface area (Å²) in [5.74, 6) is 0. The summed E-state index contributed by atoms with van der Waals surface area (Å²) in [5.41, 5.74) is 2.11. The summed E-state index contributed by atoms with van der Waals surface area (Å²) in [4.78, 5) is 10.2. The lowest BCUT2D eigenvalue weighted by Crippen LogP contribution is -1.78. The minimum Gasteiger partial charge on any atom is -0.246 e. The van der Waals surface area contributed by atoms with Crippen molar-refractivity contribution in [3.63, 3.8) is 0 Å². The highest BCUT2D eigenvalue weighted by Crippen LogP contribution is 2.32. The molecule has 0 aliphatic heterocycles. The first-order chi connectivity index (χ1) is 8.42. The molecule has 0 radical (unpaired) electrons. The molecule has 4 aromatic rings. The fraction of sp³-hybridized carbons (Fsp3) is 0. The first kappa shape index (κ1) is 9.07. The maximum Gasteiger partial charge on any atom is 0.126 e. The number of fused-ring (bicyclic) bond motifs is 4. The van der Waals surface area contributed by atoms with Crippen LogP contribution in [-0.2, 0) is 0 Å². The van der Waals surface area contributed by atoms with Crippen LogP contribution in [0.3, 0.4) is 0 Å². The summed E-state index contributed by atoms with van der Waals surface area (Å²) in [7, 11) is 0. The Bertz CT molecular complexity index is 842. The highest BCUT2D eigenvalue weighted by molar-refractivity contribution is 7.25. The largest absolute Gasteiger partial charge is 0.246 e. The van der Waals surface area contributed by atoms with E-state index in [1.165, 1.54) is 10.1 Å². The monoisotopic (exact) mass is 236 g/mol. The predicted octanol–water partition coefficient (Wildman–Crippen LogP) is 4.00. The number of nitrogens with zero attached hydrogens (tertiary/aromatic N) is 2. The van der Waals surface area contributed by atoms with Crippen molar-refractivity contribution in [3.05, 3.63) is 48.7 Å². The summed E-state index contributed by atoms with van der Waals surface area (Å²) in [6, 6.07) is 14.5. The SMILES string of the molecule is c1ccc2nc3c(cc2c1)sc1ncccc13. The second-order valence-electron chi connectivity index (χ2n) is 3.99. The van der Waals surface area contributed by atoms with Crippen LogP contribution < -0.4 is 0 Å². The molecular formula is C14H8N2S. The van der Waals surface area contributed by atoms with Gasteiger partial charge in [0.2, 0.25) is 0 Å². The number of pyridine rings is 2. The quantitative estimate of drug-likeness (QED) is 0.461. The van der Waals surface area contributed by atoms with E-state index in [1.54, 1.807) is 11.3 Å². The average molecular weight is 236 g/mol. The normalized spacial score (nSPS) is 11.5. The number of rotatable bonds is 0. The molecule has 0 saturated carbocycles. The Balaban J connectivity index is 2.28. The lowest BCUT2D eigenvalue weighted by molar-refractivity contribution is 1.44. The third kappa shape index (κ3) is 1.26. The molecule has 0 bridgehead atoms. The third-order valence-electron chi connectivity index (χ3n) is 2.92. The van der Waals surface area contributed by atoms with E-state index < -0.39 is 0 Å². The topological polar surface area (TPSA) is 25.8 Å². The van der Waals surface area contributed by atoms with Crippen molar-refractivity contribution in [2.24, 2.45) is 0 Å². The van der Waals surface area contributed by atoms with Crippen molar-refractivity contribution in [1.82, 2.24) is 9.97 Å². The highest BCUT2D eigenvalue weighted by atomic mass is 32.1. The summed E-state index contributed by atoms with van der Waals surface area (Å²) >= 11 is 1.70. The molecule has 80 valence electrons. The minimum absolute atomic E-state index is 1.04. The fourth-order valence-corrected chi connectivity index (χ4v) is 3.16. The molecule has 0 N–H and O–H groups in total. The van der Waals surface area contributed by atoms with Crippen LogP contribution in [0.2, 0.25) is 0 Å². The van der Waals surface area contributed by atoms with Crippen molar-refractivity contribution in [2.75, 3.05) is 0 Å². The number of hydrogen-bond donors (Lipinski definition) is 0. The highest BCUT2D eigenvalue weighted by Gasteiger charge is 2.07. The van der Waals surface area contributed by atoms with Gasteiger partial charge in [-0.2, -0.15) is 0 Å². The molecule has 0 atom stereocenters. The van der Waals surface area contributed by atoms with Crippen molar-refractivity contribution in [2.45, 2.75) is 0 Å². The lowest BCUT2D eigenvalue weighted by atomic mass is 10.2. The van der Waals surface area contributed by atoms with Gasteiger partial charge in [-0.05, 0) is 24.3 Å². The van der Waals surface area contributed by atoms with E-state index in [2.05, 4.69) is 29.2 Å². The number of benzene rings is 1. The molecule has 0 aliphatic rings. The van der Waals surface area contributed by atoms with Crippen molar-refractivity contribution in [1.29, 1.82) is 0 Å². The third-order valence-corrected chi connectivity index (χ3v) is 3.97. The summed E-state index contributed by atoms with van der Waals surface area (Å²) < 4.78 is 1.21. The second-order valence-corrected chi connectivity index (χ2v) is 5.02. The minimum atomic E-state index is 1.04. The Morgan fingerprint density at radius 3 is 2.94 bits per heavy atom. The van der Waals surface area contributed by atoms with Crippen LogP contribution >= 0.6 is 11.3 Å². The number of hydrogen-bond acceptors (Lipinski definition) is 3. The van der Waals surface area contributed by atoms with Gasteiger partial charge in [-0.15, -0.1) is 11.3 Å². The van der Waals surface area contributed by atoms with E-state index in [0.717, 1.165) is 21.3 Å². The zero-order valence-corrected chi connectivity index (χ0v) is 9.74. The van der Waals surface area contributed by atoms with E-state index in [-0.39, 0.29) is 0 Å². The molecular weight excluding hydrogens is 228 g/mol. The average Bonchev–Trinajstić information content (AvgIpc) is 2.73. The van der Waals surface area contributed by atoms with Gasteiger partial charge < -0.3 is 0 Å². The Morgan fingerprint density at radius 2 is 1.94 bits per heavy atom. The molecule has 0 amide bonds. The Kier molecular flexibility index (Phi) is 1.73. The van der Waals surface area contributed by atoms with Crippen LogP contribution in [0.4, 0.5) is 0 Å². The van der Waals surface area contributed by atoms with Gasteiger partial charge in [-0.3, -0.25) is 0 Å². The number of para-hydroxylation sites is 1. The van der Waals surface area contributed by atoms with Crippen LogP contribution in [0, 0.1) is 0 Å². The first-order valence-corrected chi connectivity index (χ1v) is 6.26. The molecule has 4 rings (SSSR count). The maximum absolute atomic E-state index is 4.74. The van der Waals surface area contributed by atoms with Crippen LogP contribution in [0.1, 0.15) is 0 Å². The van der Waals surface area contributed by atoms with Crippen LogP contribution in [0.25, 0.3) is 31.3 Å². The van der Waals surface area contributed by atoms with Gasteiger partial charge in [0.1, 0.15) is 4.83 Å². The van der Waals surface area contributed by atoms with Crippen molar-refractivity contribution < 1.29 is 0 Å². The van der Waals surface area contributed by atoms with E-state index in [1.807, 2.05) is 24.4 Å². The van der Waals surface area contributed by atoms with Gasteiger partial charge in [0, 0.05) is 17.0 Å². The predicted molar refractivity (Wildman–Crippen MR) is 72.4 cm³/mol. The molecule has 1 aromatic carbocycles. The summed E-state index contributed by atoms with van der Waals surface area (Å²) in [6.45, 7) is 0. The molecule has 3 heterocycles. The van der Waals surface area contributed by atoms with Gasteiger partial charge >= 0.3 is 0 Å². The molecule has 0 spiro atoms. The maximum atomic E-state index is 4.74. The van der Waals surface area contributed by atoms with Gasteiger partial charge in [-0.1, -0.05) is 18.2 Å². The Labute approximate surface area is 102 Å². The molecule has 0 saturated heterocycles. The summed E-state index contributed by atoms with van der Waals surface area (Å²) in [6.07, 6.45) is 1.83. The van der Waals surface area contributed by atoms with Crippen LogP contribution in [0.5, 0.6) is 0 Å². The van der Waals surface area contributed by atoms with E-state index >= 15 is 0 Å². The van der Waals surface area contributed by atoms with Gasteiger partial charge in [-0.25, -0.2) is 9.97 Å². The first-order valence-electron chi connectivity index (χ1n) is 5.45. The molecule has 3 aromatic heterocycles. The standard InChI is InChI=1S/C14H8N2S/c1-2-6-11-9(4-1)8-12-13(16-11)10-5-3-7-15-14(10)17-12/h1-8H. The lowest BCUT2D eigenvalue weighted by Gasteiger charge is -1.96. The Morgan fingerprint density at radius 1 is 1.00 bits per heavy atom. The van der Waals surface area contributed by atoms with Gasteiger partial charge in [0.05, 0.1) is 15.7 Å². The second kappa shape index (κ2) is 3.25. The zero-order chi connectivity index (χ0) is 11.2. The molecule has 3 heteroatoms. The van der Waals surface area contributed by atoms with Gasteiger partial charge in [0.25, 0.3) is 0 Å². The van der Waals surface area contributed by atoms with E-state index in [9.17, 15) is 0 Å². The van der Waals surface area contributed by atoms with E-state index in [0.29, 0.717) is 0 Å². The number of thiophene rings is 1. The summed E-state index contributed by atoms with van der Waals surface area (Å²) in [5, 5.41) is 2.34. The molecule has 0 aliphatic carbocycles. The van der Waals surface area contributed by atoms with Crippen LogP contribution in [-0.4, -0.2) is 9.97 Å². The number of aromatic nitrogens is 2. The van der Waals surface area contributed by atoms with Gasteiger partial charge in [0.15, 0.2) is 0 Å². The Hall–Kier alpha value is -2.00. The fourth-order valence-electron chi connectivity index (χ4n) is 2.12. The van der Waals surface area contributed by atoms with E-state index in [4.69, 9.17) is 4.98 Å². The molecule has 0 fully saturated rings. The van der Waals surface area contributed by atoms with Crippen molar-refractivity contribution in [3.8, 4) is 0 Å². The van der Waals surface area contributed by atoms with Crippen LogP contribution in [0.15, 0.2) is 48.7 Å².